The Labute approximate surface area is 193 Å². The number of rotatable bonds is 4. The summed E-state index contributed by atoms with van der Waals surface area (Å²) in [6.07, 6.45) is 0.770. The Bertz CT molecular complexity index is 1310. The average Bonchev–Trinajstić information content (AvgIpc) is 3.19. The number of halogens is 2. The molecular weight excluding hydrogens is 451 g/mol. The fraction of sp³-hybridized carbons (Fsp3) is 0.182. The molecule has 2 N–H and O–H groups in total. The van der Waals surface area contributed by atoms with Gasteiger partial charge in [-0.15, -0.1) is 0 Å². The Balaban J connectivity index is 1.73. The number of imidazole rings is 1. The number of carbonyl (C=O) groups excluding carboxylic acids is 1. The summed E-state index contributed by atoms with van der Waals surface area (Å²) in [5.41, 5.74) is 8.23. The van der Waals surface area contributed by atoms with E-state index in [0.717, 1.165) is 11.3 Å². The van der Waals surface area contributed by atoms with Gasteiger partial charge >= 0.3 is 0 Å². The lowest BCUT2D eigenvalue weighted by Crippen LogP contribution is -2.48. The fourth-order valence-electron chi connectivity index (χ4n) is 3.78. The number of primary amides is 1. The second kappa shape index (κ2) is 8.38. The zero-order chi connectivity index (χ0) is 22.2. The Hall–Kier alpha value is -3.20. The van der Waals surface area contributed by atoms with Crippen molar-refractivity contribution in [3.8, 4) is 17.1 Å². The zero-order valence-electron chi connectivity index (χ0n) is 16.8. The number of ether oxygens (including phenoxy) is 1. The van der Waals surface area contributed by atoms with Crippen LogP contribution in [0.5, 0.6) is 0 Å². The van der Waals surface area contributed by atoms with Gasteiger partial charge in [0.2, 0.25) is 5.91 Å². The van der Waals surface area contributed by atoms with Crippen molar-refractivity contribution in [2.24, 2.45) is 5.73 Å². The number of benzene rings is 2. The fourth-order valence-corrected chi connectivity index (χ4v) is 4.13. The first kappa shape index (κ1) is 20.7. The number of nitrogens with two attached hydrogens (primary N) is 1. The highest BCUT2D eigenvalue weighted by Crippen LogP contribution is 2.35. The van der Waals surface area contributed by atoms with E-state index in [1.165, 1.54) is 6.33 Å². The van der Waals surface area contributed by atoms with Gasteiger partial charge in [0, 0.05) is 22.8 Å². The minimum absolute atomic E-state index is 0.288. The lowest BCUT2D eigenvalue weighted by molar-refractivity contribution is -0.130. The molecule has 0 radical (unpaired) electrons. The molecule has 8 nitrogen and oxygen atoms in total. The second-order valence-electron chi connectivity index (χ2n) is 7.30. The van der Waals surface area contributed by atoms with E-state index in [-0.39, 0.29) is 6.54 Å². The van der Waals surface area contributed by atoms with Crippen LogP contribution in [0.4, 0.5) is 5.82 Å². The van der Waals surface area contributed by atoms with Crippen LogP contribution in [0.3, 0.4) is 0 Å². The number of aromatic nitrogens is 4. The summed E-state index contributed by atoms with van der Waals surface area (Å²) < 4.78 is 7.40. The standard InChI is InChI=1S/C22H18Cl2N6O2/c23-13-5-7-14(8-6-13)30-20(15-3-1-2-4-16(15)24)28-18-21(26-12-27-22(18)30)29-9-10-32-17(11-29)19(25)31/h1-8,12,17H,9-11H2,(H2,25,31). The van der Waals surface area contributed by atoms with Gasteiger partial charge in [-0.3, -0.25) is 9.36 Å². The lowest BCUT2D eigenvalue weighted by atomic mass is 10.2. The summed E-state index contributed by atoms with van der Waals surface area (Å²) in [4.78, 5) is 27.5. The van der Waals surface area contributed by atoms with E-state index in [4.69, 9.17) is 38.7 Å². The van der Waals surface area contributed by atoms with Gasteiger partial charge in [-0.1, -0.05) is 35.3 Å². The highest BCUT2D eigenvalue weighted by Gasteiger charge is 2.29. The van der Waals surface area contributed by atoms with Crippen molar-refractivity contribution in [2.45, 2.75) is 6.10 Å². The number of carbonyl (C=O) groups is 1. The molecule has 32 heavy (non-hydrogen) atoms. The van der Waals surface area contributed by atoms with E-state index in [1.807, 2.05) is 45.9 Å². The van der Waals surface area contributed by atoms with Crippen molar-refractivity contribution in [1.82, 2.24) is 19.5 Å². The van der Waals surface area contributed by atoms with Crippen LogP contribution in [0.1, 0.15) is 0 Å². The molecule has 3 heterocycles. The molecule has 5 rings (SSSR count). The van der Waals surface area contributed by atoms with Crippen LogP contribution in [-0.4, -0.2) is 51.2 Å². The summed E-state index contributed by atoms with van der Waals surface area (Å²) in [7, 11) is 0. The molecule has 1 aliphatic rings. The number of hydrogen-bond acceptors (Lipinski definition) is 6. The van der Waals surface area contributed by atoms with Crippen molar-refractivity contribution in [3.05, 3.63) is 64.9 Å². The van der Waals surface area contributed by atoms with Gasteiger partial charge in [-0.25, -0.2) is 15.0 Å². The number of morpholine rings is 1. The van der Waals surface area contributed by atoms with Crippen LogP contribution < -0.4 is 10.6 Å². The predicted octanol–water partition coefficient (Wildman–Crippen LogP) is 3.48. The van der Waals surface area contributed by atoms with Crippen molar-refractivity contribution in [2.75, 3.05) is 24.6 Å². The maximum absolute atomic E-state index is 11.7. The smallest absolute Gasteiger partial charge is 0.248 e. The normalized spacial score (nSPS) is 16.4. The van der Waals surface area contributed by atoms with Crippen LogP contribution in [-0.2, 0) is 9.53 Å². The Morgan fingerprint density at radius 3 is 2.62 bits per heavy atom. The maximum atomic E-state index is 11.7. The van der Waals surface area contributed by atoms with Gasteiger partial charge in [0.15, 0.2) is 23.1 Å². The number of amides is 1. The van der Waals surface area contributed by atoms with E-state index < -0.39 is 12.0 Å². The molecule has 10 heteroatoms. The molecule has 1 saturated heterocycles. The molecule has 1 amide bonds. The predicted molar refractivity (Wildman–Crippen MR) is 123 cm³/mol. The molecule has 1 unspecified atom stereocenters. The third-order valence-electron chi connectivity index (χ3n) is 5.31. The molecule has 1 atom stereocenters. The molecule has 1 aliphatic heterocycles. The molecular formula is C22H18Cl2N6O2. The molecule has 2 aromatic carbocycles. The summed E-state index contributed by atoms with van der Waals surface area (Å²) in [5.74, 6) is 0.711. The van der Waals surface area contributed by atoms with Gasteiger partial charge in [-0.2, -0.15) is 0 Å². The molecule has 2 aromatic heterocycles. The molecule has 4 aromatic rings. The van der Waals surface area contributed by atoms with Crippen LogP contribution in [0.15, 0.2) is 54.9 Å². The summed E-state index contributed by atoms with van der Waals surface area (Å²) in [6.45, 7) is 1.19. The third kappa shape index (κ3) is 3.66. The topological polar surface area (TPSA) is 99.2 Å². The average molecular weight is 469 g/mol. The first-order chi connectivity index (χ1) is 15.5. The van der Waals surface area contributed by atoms with Crippen LogP contribution in [0, 0.1) is 0 Å². The van der Waals surface area contributed by atoms with Crippen molar-refractivity contribution >= 4 is 46.1 Å². The number of nitrogens with zero attached hydrogens (tertiary/aromatic N) is 5. The van der Waals surface area contributed by atoms with Crippen molar-refractivity contribution in [1.29, 1.82) is 0 Å². The van der Waals surface area contributed by atoms with E-state index >= 15 is 0 Å². The quantitative estimate of drug-likeness (QED) is 0.492. The third-order valence-corrected chi connectivity index (χ3v) is 5.89. The monoisotopic (exact) mass is 468 g/mol. The summed E-state index contributed by atoms with van der Waals surface area (Å²) in [5, 5.41) is 1.19. The van der Waals surface area contributed by atoms with E-state index in [2.05, 4.69) is 9.97 Å². The van der Waals surface area contributed by atoms with Gasteiger partial charge in [0.25, 0.3) is 0 Å². The minimum Gasteiger partial charge on any atom is -0.367 e. The van der Waals surface area contributed by atoms with Gasteiger partial charge < -0.3 is 15.4 Å². The summed E-state index contributed by atoms with van der Waals surface area (Å²) in [6, 6.07) is 14.9. The van der Waals surface area contributed by atoms with Crippen molar-refractivity contribution in [3.63, 3.8) is 0 Å². The highest BCUT2D eigenvalue weighted by molar-refractivity contribution is 6.33. The number of anilines is 1. The Kier molecular flexibility index (Phi) is 5.42. The molecule has 162 valence electrons. The zero-order valence-corrected chi connectivity index (χ0v) is 18.3. The Morgan fingerprint density at radius 2 is 1.88 bits per heavy atom. The number of hydrogen-bond donors (Lipinski definition) is 1. The Morgan fingerprint density at radius 1 is 1.09 bits per heavy atom. The van der Waals surface area contributed by atoms with E-state index in [9.17, 15) is 4.79 Å². The molecule has 0 saturated carbocycles. The van der Waals surface area contributed by atoms with Gasteiger partial charge in [0.05, 0.1) is 18.2 Å². The first-order valence-electron chi connectivity index (χ1n) is 9.93. The van der Waals surface area contributed by atoms with Crippen LogP contribution in [0.25, 0.3) is 28.2 Å². The first-order valence-corrected chi connectivity index (χ1v) is 10.7. The molecule has 1 fully saturated rings. The molecule has 0 spiro atoms. The van der Waals surface area contributed by atoms with Crippen LogP contribution in [0.2, 0.25) is 10.0 Å². The SMILES string of the molecule is NC(=O)C1CN(c2ncnc3c2nc(-c2ccccc2Cl)n3-c2ccc(Cl)cc2)CCO1. The minimum atomic E-state index is -0.713. The van der Waals surface area contributed by atoms with E-state index in [0.29, 0.717) is 46.0 Å². The molecule has 0 aliphatic carbocycles. The maximum Gasteiger partial charge on any atom is 0.248 e. The largest absolute Gasteiger partial charge is 0.367 e. The highest BCUT2D eigenvalue weighted by atomic mass is 35.5. The number of fused-ring (bicyclic) bond motifs is 1. The summed E-state index contributed by atoms with van der Waals surface area (Å²) >= 11 is 12.6. The van der Waals surface area contributed by atoms with Crippen LogP contribution >= 0.6 is 23.2 Å². The van der Waals surface area contributed by atoms with Gasteiger partial charge in [-0.05, 0) is 36.4 Å². The lowest BCUT2D eigenvalue weighted by Gasteiger charge is -2.32. The second-order valence-corrected chi connectivity index (χ2v) is 8.15. The van der Waals surface area contributed by atoms with Crippen molar-refractivity contribution < 1.29 is 9.53 Å². The molecule has 0 bridgehead atoms. The van der Waals surface area contributed by atoms with E-state index in [1.54, 1.807) is 12.1 Å². The van der Waals surface area contributed by atoms with Gasteiger partial charge in [0.1, 0.15) is 12.2 Å².